The Hall–Kier alpha value is 1.81. The van der Waals surface area contributed by atoms with Crippen LogP contribution < -0.4 is 68.9 Å². The fraction of sp³-hybridized carbons (Fsp3) is 0.926. The third-order valence-electron chi connectivity index (χ3n) is 10.8. The summed E-state index contributed by atoms with van der Waals surface area (Å²) in [6, 6.07) is 0. The smallest absolute Gasteiger partial charge is 0.790 e. The third-order valence-corrected chi connectivity index (χ3v) is 11.3. The van der Waals surface area contributed by atoms with Crippen LogP contribution in [0, 0.1) is 46.3 Å². The Bertz CT molecular complexity index is 800. The van der Waals surface area contributed by atoms with Gasteiger partial charge < -0.3 is 24.0 Å². The number of hydrogen-bond donors (Lipinski definition) is 1. The van der Waals surface area contributed by atoms with Crippen molar-refractivity contribution in [1.29, 1.82) is 0 Å². The largest absolute Gasteiger partial charge is 1.00 e. The van der Waals surface area contributed by atoms with Crippen molar-refractivity contribution in [3.63, 3.8) is 0 Å². The summed E-state index contributed by atoms with van der Waals surface area (Å²) < 4.78 is 16.1. The van der Waals surface area contributed by atoms with Gasteiger partial charge in [-0.1, -0.05) is 46.3 Å². The number of rotatable bonds is 7. The maximum atomic E-state index is 11.2. The van der Waals surface area contributed by atoms with Crippen LogP contribution in [0.15, 0.2) is 11.6 Å². The average molecular weight is 527 g/mol. The Balaban J connectivity index is 0.00000216. The van der Waals surface area contributed by atoms with Gasteiger partial charge in [0, 0.05) is 0 Å². The summed E-state index contributed by atoms with van der Waals surface area (Å²) >= 11 is 0. The first-order chi connectivity index (χ1) is 15.3. The first kappa shape index (κ1) is 33.0. The molecule has 9 atom stereocenters. The maximum absolute atomic E-state index is 11.2. The standard InChI is InChI=1S/C27H47O5P.2Na/c1-17(2)25(32-33(29,30)31)11-6-18(3)22-9-10-23-21-8-7-19-16-20(28)12-14-26(19,4)24(21)13-15-27(22,23)5;;/h7,17-18,20-25,28H,6,8-16H2,1-5H3,(H2,29,30,31);;/q;2*+1/p-2/t18-,20+,21+,22-,23+,24+,25+,26+,27-;;/m1../s1. The van der Waals surface area contributed by atoms with Gasteiger partial charge in [-0.15, -0.1) is 0 Å². The van der Waals surface area contributed by atoms with Crippen molar-refractivity contribution in [3.05, 3.63) is 11.6 Å². The average Bonchev–Trinajstić information content (AvgIpc) is 3.07. The van der Waals surface area contributed by atoms with E-state index in [0.717, 1.165) is 43.4 Å². The van der Waals surface area contributed by atoms with E-state index in [1.165, 1.54) is 37.7 Å². The van der Waals surface area contributed by atoms with Crippen LogP contribution in [0.2, 0.25) is 0 Å². The van der Waals surface area contributed by atoms with Crippen molar-refractivity contribution in [2.45, 2.75) is 111 Å². The zero-order chi connectivity index (χ0) is 24.2. The molecule has 4 rings (SSSR count). The predicted molar refractivity (Wildman–Crippen MR) is 127 cm³/mol. The number of hydrogen-bond acceptors (Lipinski definition) is 5. The summed E-state index contributed by atoms with van der Waals surface area (Å²) in [6.45, 7) is 11.2. The minimum absolute atomic E-state index is 0. The Labute approximate surface area is 257 Å². The van der Waals surface area contributed by atoms with Crippen molar-refractivity contribution in [3.8, 4) is 0 Å². The molecule has 190 valence electrons. The van der Waals surface area contributed by atoms with E-state index >= 15 is 0 Å². The van der Waals surface area contributed by atoms with Crippen LogP contribution >= 0.6 is 7.82 Å². The van der Waals surface area contributed by atoms with Crippen LogP contribution in [0.4, 0.5) is 0 Å². The van der Waals surface area contributed by atoms with E-state index in [2.05, 4.69) is 26.8 Å². The van der Waals surface area contributed by atoms with E-state index in [4.69, 9.17) is 4.52 Å². The summed E-state index contributed by atoms with van der Waals surface area (Å²) in [5.74, 6) is 3.41. The van der Waals surface area contributed by atoms with Gasteiger partial charge in [-0.2, -0.15) is 0 Å². The van der Waals surface area contributed by atoms with Gasteiger partial charge in [0.25, 0.3) is 0 Å². The number of aliphatic hydroxyl groups is 1. The summed E-state index contributed by atoms with van der Waals surface area (Å²) in [4.78, 5) is 22.4. The minimum atomic E-state index is -4.96. The molecule has 8 heteroatoms. The molecule has 0 unspecified atom stereocenters. The molecular weight excluding hydrogens is 481 g/mol. The molecule has 3 fully saturated rings. The molecule has 5 nitrogen and oxygen atoms in total. The molecule has 0 amide bonds. The van der Waals surface area contributed by atoms with Gasteiger partial charge in [-0.25, -0.2) is 0 Å². The monoisotopic (exact) mass is 526 g/mol. The second-order valence-electron chi connectivity index (χ2n) is 12.8. The zero-order valence-electron chi connectivity index (χ0n) is 23.3. The fourth-order valence-electron chi connectivity index (χ4n) is 8.92. The molecular formula is C27H45Na2O5P. The molecule has 0 heterocycles. The maximum Gasteiger partial charge on any atom is 1.00 e. The van der Waals surface area contributed by atoms with E-state index in [9.17, 15) is 19.5 Å². The third kappa shape index (κ3) is 6.76. The van der Waals surface area contributed by atoms with E-state index in [1.54, 1.807) is 0 Å². The normalized spacial score (nSPS) is 40.4. The van der Waals surface area contributed by atoms with Gasteiger partial charge in [-0.05, 0) is 111 Å². The molecule has 3 saturated carbocycles. The summed E-state index contributed by atoms with van der Waals surface area (Å²) in [5, 5.41) is 10.2. The molecule has 1 N–H and O–H groups in total. The zero-order valence-corrected chi connectivity index (χ0v) is 28.2. The number of allylic oxidation sites excluding steroid dienone is 1. The first-order valence-electron chi connectivity index (χ1n) is 13.4. The fourth-order valence-corrected chi connectivity index (χ4v) is 9.60. The molecule has 0 bridgehead atoms. The Morgan fingerprint density at radius 2 is 1.74 bits per heavy atom. The van der Waals surface area contributed by atoms with Crippen molar-refractivity contribution >= 4 is 7.82 Å². The molecule has 0 aromatic heterocycles. The van der Waals surface area contributed by atoms with Crippen LogP contribution in [0.25, 0.3) is 0 Å². The van der Waals surface area contributed by atoms with Crippen molar-refractivity contribution in [2.75, 3.05) is 0 Å². The van der Waals surface area contributed by atoms with Crippen molar-refractivity contribution in [2.24, 2.45) is 46.3 Å². The quantitative estimate of drug-likeness (QED) is 0.267. The Morgan fingerprint density at radius 3 is 2.37 bits per heavy atom. The van der Waals surface area contributed by atoms with E-state index in [-0.39, 0.29) is 76.6 Å². The molecule has 0 aromatic rings. The molecule has 0 spiro atoms. The number of phosphoric acid groups is 1. The van der Waals surface area contributed by atoms with Crippen LogP contribution in [0.5, 0.6) is 0 Å². The molecule has 4 aliphatic carbocycles. The van der Waals surface area contributed by atoms with Crippen molar-refractivity contribution < 1.29 is 83.1 Å². The van der Waals surface area contributed by atoms with Gasteiger partial charge in [0.1, 0.15) is 0 Å². The molecule has 0 radical (unpaired) electrons. The molecule has 0 aromatic carbocycles. The van der Waals surface area contributed by atoms with Crippen LogP contribution in [0.3, 0.4) is 0 Å². The van der Waals surface area contributed by atoms with Gasteiger partial charge in [-0.3, -0.25) is 0 Å². The molecule has 0 saturated heterocycles. The second kappa shape index (κ2) is 12.5. The molecule has 0 aliphatic heterocycles. The second-order valence-corrected chi connectivity index (χ2v) is 13.9. The predicted octanol–water partition coefficient (Wildman–Crippen LogP) is -0.779. The summed E-state index contributed by atoms with van der Waals surface area (Å²) in [6.07, 6.45) is 12.6. The summed E-state index contributed by atoms with van der Waals surface area (Å²) in [7, 11) is -4.96. The van der Waals surface area contributed by atoms with Crippen molar-refractivity contribution in [1.82, 2.24) is 0 Å². The van der Waals surface area contributed by atoms with Crippen LogP contribution in [-0.2, 0) is 9.09 Å². The topological polar surface area (TPSA) is 92.7 Å². The van der Waals surface area contributed by atoms with E-state index < -0.39 is 13.9 Å². The molecule has 35 heavy (non-hydrogen) atoms. The first-order valence-corrected chi connectivity index (χ1v) is 14.9. The number of phosphoric ester groups is 1. The van der Waals surface area contributed by atoms with Gasteiger partial charge >= 0.3 is 59.1 Å². The minimum Gasteiger partial charge on any atom is -0.790 e. The number of aliphatic hydroxyl groups excluding tert-OH is 1. The summed E-state index contributed by atoms with van der Waals surface area (Å²) in [5.41, 5.74) is 2.15. The van der Waals surface area contributed by atoms with Gasteiger partial charge in [0.05, 0.1) is 20.0 Å². The Morgan fingerprint density at radius 1 is 1.06 bits per heavy atom. The van der Waals surface area contributed by atoms with E-state index in [0.29, 0.717) is 23.7 Å². The van der Waals surface area contributed by atoms with Gasteiger partial charge in [0.15, 0.2) is 0 Å². The van der Waals surface area contributed by atoms with Crippen LogP contribution in [0.1, 0.15) is 98.8 Å². The molecule has 4 aliphatic rings. The van der Waals surface area contributed by atoms with Gasteiger partial charge in [0.2, 0.25) is 0 Å². The SMILES string of the molecule is CC(C)[C@H](CC[C@@H](C)[C@H]1CC[C@H]2[C@@H]3CC=C4C[C@@H](O)CC[C@]4(C)[C@H]3CC[C@]12C)OP(=O)([O-])[O-].[Na+].[Na+]. The number of fused-ring (bicyclic) bond motifs is 5. The Kier molecular flexibility index (Phi) is 11.8. The van der Waals surface area contributed by atoms with E-state index in [1.807, 2.05) is 13.8 Å². The van der Waals surface area contributed by atoms with Crippen LogP contribution in [-0.4, -0.2) is 17.3 Å².